The van der Waals surface area contributed by atoms with Crippen molar-refractivity contribution < 1.29 is 13.2 Å². The highest BCUT2D eigenvalue weighted by atomic mass is 35.5. The van der Waals surface area contributed by atoms with Gasteiger partial charge in [0.05, 0.1) is 21.5 Å². The Hall–Kier alpha value is -2.13. The van der Waals surface area contributed by atoms with Crippen molar-refractivity contribution in [1.29, 1.82) is 0 Å². The number of likely N-dealkylation sites (N-methyl/N-ethyl adjacent to an activating group) is 1. The zero-order valence-corrected chi connectivity index (χ0v) is 21.5. The minimum Gasteiger partial charge on any atom is -0.368 e. The van der Waals surface area contributed by atoms with E-state index in [0.29, 0.717) is 32.5 Å². The number of amides is 1. The van der Waals surface area contributed by atoms with Crippen LogP contribution in [0.4, 0.5) is 0 Å². The SMILES string of the molecule is CCN(CCc1ccc(C2=NCCN2)cc1)C(=O)CCCNCS(=O)(=O)c1cccc(Cl)c1Cl. The standard InChI is InChI=1S/C24H30Cl2N4O3S/c1-2-30(16-12-18-8-10-19(11-9-18)24-28-14-15-29-24)22(31)7-4-13-27-17-34(32,33)21-6-3-5-20(25)23(21)26/h3,5-6,8-11,27H,2,4,7,12-17H2,1H3,(H,28,29). The Balaban J connectivity index is 1.39. The number of nitrogens with zero attached hydrogens (tertiary/aromatic N) is 2. The third-order valence-corrected chi connectivity index (χ3v) is 8.12. The van der Waals surface area contributed by atoms with Crippen LogP contribution in [-0.2, 0) is 21.1 Å². The number of hydrogen-bond donors (Lipinski definition) is 2. The average molecular weight is 526 g/mol. The van der Waals surface area contributed by atoms with Crippen LogP contribution >= 0.6 is 23.2 Å². The molecule has 0 fully saturated rings. The van der Waals surface area contributed by atoms with Crippen molar-refractivity contribution in [3.05, 3.63) is 63.6 Å². The van der Waals surface area contributed by atoms with Crippen LogP contribution in [0.25, 0.3) is 0 Å². The topological polar surface area (TPSA) is 90.9 Å². The molecular weight excluding hydrogens is 495 g/mol. The van der Waals surface area contributed by atoms with E-state index in [0.717, 1.165) is 30.9 Å². The largest absolute Gasteiger partial charge is 0.368 e. The molecule has 7 nitrogen and oxygen atoms in total. The molecule has 2 aromatic carbocycles. The minimum absolute atomic E-state index is 0.00271. The number of sulfone groups is 1. The van der Waals surface area contributed by atoms with E-state index in [1.54, 1.807) is 12.1 Å². The van der Waals surface area contributed by atoms with Crippen LogP contribution < -0.4 is 10.6 Å². The molecule has 1 amide bonds. The van der Waals surface area contributed by atoms with Gasteiger partial charge in [0.25, 0.3) is 0 Å². The van der Waals surface area contributed by atoms with Gasteiger partial charge in [0.15, 0.2) is 9.84 Å². The molecule has 0 radical (unpaired) electrons. The summed E-state index contributed by atoms with van der Waals surface area (Å²) in [6.07, 6.45) is 1.66. The maximum atomic E-state index is 12.6. The van der Waals surface area contributed by atoms with E-state index < -0.39 is 9.84 Å². The van der Waals surface area contributed by atoms with Gasteiger partial charge in [-0.1, -0.05) is 53.5 Å². The number of amidine groups is 1. The van der Waals surface area contributed by atoms with Crippen molar-refractivity contribution in [1.82, 2.24) is 15.5 Å². The lowest BCUT2D eigenvalue weighted by molar-refractivity contribution is -0.131. The van der Waals surface area contributed by atoms with Crippen LogP contribution in [0.2, 0.25) is 10.0 Å². The third kappa shape index (κ3) is 7.18. The monoisotopic (exact) mass is 524 g/mol. The summed E-state index contributed by atoms with van der Waals surface area (Å²) in [5, 5.41) is 6.38. The molecule has 34 heavy (non-hydrogen) atoms. The van der Waals surface area contributed by atoms with Crippen LogP contribution in [0.5, 0.6) is 0 Å². The second-order valence-corrected chi connectivity index (χ2v) is 10.7. The van der Waals surface area contributed by atoms with E-state index in [-0.39, 0.29) is 26.7 Å². The van der Waals surface area contributed by atoms with Crippen LogP contribution in [-0.4, -0.2) is 63.7 Å². The van der Waals surface area contributed by atoms with Crippen LogP contribution in [0.15, 0.2) is 52.4 Å². The molecule has 2 N–H and O–H groups in total. The molecule has 1 aliphatic rings. The molecule has 0 aliphatic carbocycles. The number of nitrogens with one attached hydrogen (secondary N) is 2. The lowest BCUT2D eigenvalue weighted by Crippen LogP contribution is -2.33. The van der Waals surface area contributed by atoms with Crippen molar-refractivity contribution >= 4 is 44.8 Å². The van der Waals surface area contributed by atoms with Gasteiger partial charge in [-0.15, -0.1) is 0 Å². The van der Waals surface area contributed by atoms with E-state index in [1.807, 2.05) is 11.8 Å². The molecule has 10 heteroatoms. The molecule has 1 heterocycles. The van der Waals surface area contributed by atoms with Gasteiger partial charge in [-0.25, -0.2) is 8.42 Å². The van der Waals surface area contributed by atoms with E-state index in [9.17, 15) is 13.2 Å². The molecule has 0 saturated carbocycles. The number of carbonyl (C=O) groups excluding carboxylic acids is 1. The Kier molecular flexibility index (Phi) is 9.76. The summed E-state index contributed by atoms with van der Waals surface area (Å²) >= 11 is 11.9. The number of benzene rings is 2. The smallest absolute Gasteiger partial charge is 0.222 e. The van der Waals surface area contributed by atoms with Gasteiger partial charge in [0, 0.05) is 31.6 Å². The summed E-state index contributed by atoms with van der Waals surface area (Å²) in [6, 6.07) is 12.8. The number of halogens is 2. The first kappa shape index (κ1) is 26.5. The number of hydrogen-bond acceptors (Lipinski definition) is 6. The van der Waals surface area contributed by atoms with Crippen molar-refractivity contribution in [3.63, 3.8) is 0 Å². The van der Waals surface area contributed by atoms with Gasteiger partial charge >= 0.3 is 0 Å². The fourth-order valence-electron chi connectivity index (χ4n) is 3.67. The Morgan fingerprint density at radius 3 is 2.62 bits per heavy atom. The highest BCUT2D eigenvalue weighted by Gasteiger charge is 2.19. The van der Waals surface area contributed by atoms with E-state index in [1.165, 1.54) is 11.6 Å². The summed E-state index contributed by atoms with van der Waals surface area (Å²) in [6.45, 7) is 5.33. The summed E-state index contributed by atoms with van der Waals surface area (Å²) < 4.78 is 25.0. The Morgan fingerprint density at radius 1 is 1.18 bits per heavy atom. The zero-order valence-electron chi connectivity index (χ0n) is 19.2. The molecular formula is C24H30Cl2N4O3S. The Morgan fingerprint density at radius 2 is 1.94 bits per heavy atom. The molecule has 0 saturated heterocycles. The lowest BCUT2D eigenvalue weighted by Gasteiger charge is -2.21. The number of carbonyl (C=O) groups is 1. The summed E-state index contributed by atoms with van der Waals surface area (Å²) in [7, 11) is -3.62. The molecule has 0 atom stereocenters. The van der Waals surface area contributed by atoms with E-state index in [2.05, 4.69) is 39.9 Å². The maximum Gasteiger partial charge on any atom is 0.222 e. The number of rotatable bonds is 12. The average Bonchev–Trinajstić information content (AvgIpc) is 3.36. The highest BCUT2D eigenvalue weighted by molar-refractivity contribution is 7.91. The molecule has 184 valence electrons. The lowest BCUT2D eigenvalue weighted by atomic mass is 10.1. The molecule has 3 rings (SSSR count). The first-order valence-corrected chi connectivity index (χ1v) is 13.8. The summed E-state index contributed by atoms with van der Waals surface area (Å²) in [4.78, 5) is 18.9. The second-order valence-electron chi connectivity index (χ2n) is 7.99. The first-order valence-electron chi connectivity index (χ1n) is 11.3. The summed E-state index contributed by atoms with van der Waals surface area (Å²) in [5.74, 6) is 0.733. The molecule has 1 aliphatic heterocycles. The predicted octanol–water partition coefficient (Wildman–Crippen LogP) is 3.54. The van der Waals surface area contributed by atoms with Crippen LogP contribution in [0, 0.1) is 0 Å². The van der Waals surface area contributed by atoms with Gasteiger partial charge in [-0.05, 0) is 44.0 Å². The van der Waals surface area contributed by atoms with Crippen LogP contribution in [0.1, 0.15) is 30.9 Å². The molecule has 0 unspecified atom stereocenters. The van der Waals surface area contributed by atoms with Crippen molar-refractivity contribution in [3.8, 4) is 0 Å². The van der Waals surface area contributed by atoms with Gasteiger partial charge in [-0.3, -0.25) is 9.79 Å². The fourth-order valence-corrected chi connectivity index (χ4v) is 5.62. The molecule has 2 aromatic rings. The highest BCUT2D eigenvalue weighted by Crippen LogP contribution is 2.29. The van der Waals surface area contributed by atoms with E-state index in [4.69, 9.17) is 23.2 Å². The van der Waals surface area contributed by atoms with Gasteiger partial charge < -0.3 is 15.5 Å². The first-order chi connectivity index (χ1) is 16.3. The Bertz CT molecular complexity index is 1120. The second kappa shape index (κ2) is 12.5. The predicted molar refractivity (Wildman–Crippen MR) is 138 cm³/mol. The summed E-state index contributed by atoms with van der Waals surface area (Å²) in [5.41, 5.74) is 2.25. The zero-order chi connectivity index (χ0) is 24.6. The van der Waals surface area contributed by atoms with Gasteiger partial charge in [-0.2, -0.15) is 0 Å². The third-order valence-electron chi connectivity index (χ3n) is 5.59. The minimum atomic E-state index is -3.62. The molecule has 0 spiro atoms. The quantitative estimate of drug-likeness (QED) is 0.414. The van der Waals surface area contributed by atoms with Crippen molar-refractivity contribution in [2.24, 2.45) is 4.99 Å². The van der Waals surface area contributed by atoms with Crippen molar-refractivity contribution in [2.45, 2.75) is 31.1 Å². The maximum absolute atomic E-state index is 12.6. The van der Waals surface area contributed by atoms with Gasteiger partial charge in [0.1, 0.15) is 11.7 Å². The Labute approximate surface area is 211 Å². The normalized spacial score (nSPS) is 13.4. The van der Waals surface area contributed by atoms with E-state index >= 15 is 0 Å². The molecule has 0 bridgehead atoms. The van der Waals surface area contributed by atoms with Crippen LogP contribution in [0.3, 0.4) is 0 Å². The van der Waals surface area contributed by atoms with Gasteiger partial charge in [0.2, 0.25) is 5.91 Å². The molecule has 0 aromatic heterocycles. The number of aliphatic imine (C=N–C) groups is 1. The fraction of sp³-hybridized carbons (Fsp3) is 0.417. The van der Waals surface area contributed by atoms with Crippen molar-refractivity contribution in [2.75, 3.05) is 38.6 Å².